The third-order valence-electron chi connectivity index (χ3n) is 2.60. The average Bonchev–Trinajstić information content (AvgIpc) is 2.28. The van der Waals surface area contributed by atoms with Crippen molar-refractivity contribution in [1.82, 2.24) is 10.2 Å². The number of nitrogens with one attached hydrogen (secondary N) is 1. The summed E-state index contributed by atoms with van der Waals surface area (Å²) < 4.78 is 4.86. The number of hydrogen-bond donors (Lipinski definition) is 1. The fraction of sp³-hybridized carbons (Fsp3) is 0.846. The van der Waals surface area contributed by atoms with Gasteiger partial charge in [-0.1, -0.05) is 20.3 Å². The number of hydrogen-bond acceptors (Lipinski definition) is 4. The molecule has 1 atom stereocenters. The van der Waals surface area contributed by atoms with Crippen molar-refractivity contribution in [1.29, 1.82) is 0 Å². The fourth-order valence-electron chi connectivity index (χ4n) is 1.70. The number of rotatable bonds is 9. The molecule has 0 fully saturated rings. The number of ether oxygens (including phenoxy) is 1. The number of likely N-dealkylation sites (N-methyl/N-ethyl adjacent to an activating group) is 1. The summed E-state index contributed by atoms with van der Waals surface area (Å²) in [4.78, 5) is 24.8. The zero-order chi connectivity index (χ0) is 14.0. The Morgan fingerprint density at radius 2 is 1.89 bits per heavy atom. The minimum Gasteiger partial charge on any atom is -0.465 e. The molecule has 5 heteroatoms. The highest BCUT2D eigenvalue weighted by molar-refractivity contribution is 5.79. The van der Waals surface area contributed by atoms with Crippen molar-refractivity contribution in [3.05, 3.63) is 0 Å². The van der Waals surface area contributed by atoms with Crippen LogP contribution in [0, 0.1) is 0 Å². The highest BCUT2D eigenvalue weighted by atomic mass is 16.5. The lowest BCUT2D eigenvalue weighted by atomic mass is 10.2. The van der Waals surface area contributed by atoms with E-state index < -0.39 is 0 Å². The molecule has 0 saturated carbocycles. The van der Waals surface area contributed by atoms with E-state index >= 15 is 0 Å². The zero-order valence-corrected chi connectivity index (χ0v) is 12.0. The van der Waals surface area contributed by atoms with Crippen LogP contribution in [0.3, 0.4) is 0 Å². The molecule has 0 rings (SSSR count). The second-order valence-electron chi connectivity index (χ2n) is 4.37. The van der Waals surface area contributed by atoms with Crippen LogP contribution in [0.15, 0.2) is 0 Å². The van der Waals surface area contributed by atoms with Gasteiger partial charge in [0.25, 0.3) is 0 Å². The highest BCUT2D eigenvalue weighted by Crippen LogP contribution is 1.96. The van der Waals surface area contributed by atoms with Crippen LogP contribution in [0.25, 0.3) is 0 Å². The first kappa shape index (κ1) is 16.9. The molecular formula is C13H26N2O3. The number of esters is 1. The Labute approximate surface area is 110 Å². The number of amides is 1. The van der Waals surface area contributed by atoms with Gasteiger partial charge in [-0.25, -0.2) is 0 Å². The molecule has 0 aliphatic carbocycles. The minimum atomic E-state index is -0.284. The first-order chi connectivity index (χ1) is 8.53. The summed E-state index contributed by atoms with van der Waals surface area (Å²) in [6.07, 6.45) is 2.01. The number of carbonyl (C=O) groups is 2. The molecule has 0 aliphatic heterocycles. The lowest BCUT2D eigenvalue weighted by molar-refractivity contribution is -0.144. The van der Waals surface area contributed by atoms with Crippen LogP contribution in [-0.2, 0) is 14.3 Å². The standard InChI is InChI=1S/C13H26N2O3/c1-5-8-11(4)14-12(16)9-15(6-2)10-13(17)18-7-3/h11H,5-10H2,1-4H3,(H,14,16). The summed E-state index contributed by atoms with van der Waals surface area (Å²) >= 11 is 0. The smallest absolute Gasteiger partial charge is 0.320 e. The predicted molar refractivity (Wildman–Crippen MR) is 71.3 cm³/mol. The van der Waals surface area contributed by atoms with Crippen molar-refractivity contribution < 1.29 is 14.3 Å². The lowest BCUT2D eigenvalue weighted by Gasteiger charge is -2.20. The summed E-state index contributed by atoms with van der Waals surface area (Å²) in [7, 11) is 0. The van der Waals surface area contributed by atoms with E-state index in [0.29, 0.717) is 13.2 Å². The monoisotopic (exact) mass is 258 g/mol. The van der Waals surface area contributed by atoms with E-state index in [-0.39, 0.29) is 31.0 Å². The molecule has 0 radical (unpaired) electrons. The molecule has 0 heterocycles. The van der Waals surface area contributed by atoms with Gasteiger partial charge >= 0.3 is 5.97 Å². The second kappa shape index (κ2) is 9.88. The Bertz CT molecular complexity index is 257. The molecule has 0 bridgehead atoms. The highest BCUT2D eigenvalue weighted by Gasteiger charge is 2.14. The van der Waals surface area contributed by atoms with Gasteiger partial charge in [-0.15, -0.1) is 0 Å². The van der Waals surface area contributed by atoms with E-state index in [0.717, 1.165) is 12.8 Å². The van der Waals surface area contributed by atoms with Gasteiger partial charge < -0.3 is 10.1 Å². The van der Waals surface area contributed by atoms with E-state index in [4.69, 9.17) is 4.74 Å². The van der Waals surface area contributed by atoms with Crippen LogP contribution in [-0.4, -0.2) is 49.1 Å². The third kappa shape index (κ3) is 8.06. The molecule has 0 aromatic heterocycles. The van der Waals surface area contributed by atoms with Crippen LogP contribution in [0.4, 0.5) is 0 Å². The molecule has 106 valence electrons. The Morgan fingerprint density at radius 3 is 2.39 bits per heavy atom. The Hall–Kier alpha value is -1.10. The molecule has 1 amide bonds. The molecular weight excluding hydrogens is 232 g/mol. The molecule has 1 unspecified atom stereocenters. The van der Waals surface area contributed by atoms with E-state index in [9.17, 15) is 9.59 Å². The third-order valence-corrected chi connectivity index (χ3v) is 2.60. The van der Waals surface area contributed by atoms with Crippen LogP contribution in [0.5, 0.6) is 0 Å². The molecule has 5 nitrogen and oxygen atoms in total. The van der Waals surface area contributed by atoms with Crippen molar-refractivity contribution in [2.24, 2.45) is 0 Å². The summed E-state index contributed by atoms with van der Waals surface area (Å²) in [5, 5.41) is 2.92. The Kier molecular flexibility index (Phi) is 9.28. The predicted octanol–water partition coefficient (Wildman–Crippen LogP) is 1.18. The first-order valence-corrected chi connectivity index (χ1v) is 6.70. The zero-order valence-electron chi connectivity index (χ0n) is 12.0. The van der Waals surface area contributed by atoms with Gasteiger partial charge in [0, 0.05) is 6.04 Å². The first-order valence-electron chi connectivity index (χ1n) is 6.70. The van der Waals surface area contributed by atoms with Gasteiger partial charge in [-0.05, 0) is 26.8 Å². The van der Waals surface area contributed by atoms with Crippen molar-refractivity contribution in [3.8, 4) is 0 Å². The SMILES string of the molecule is CCCC(C)NC(=O)CN(CC)CC(=O)OCC. The molecule has 1 N–H and O–H groups in total. The number of carbonyl (C=O) groups excluding carboxylic acids is 2. The van der Waals surface area contributed by atoms with Crippen molar-refractivity contribution in [2.45, 2.75) is 46.6 Å². The molecule has 18 heavy (non-hydrogen) atoms. The van der Waals surface area contributed by atoms with Crippen LogP contribution >= 0.6 is 0 Å². The molecule has 0 spiro atoms. The summed E-state index contributed by atoms with van der Waals surface area (Å²) in [5.41, 5.74) is 0. The topological polar surface area (TPSA) is 58.6 Å². The maximum absolute atomic E-state index is 11.7. The average molecular weight is 258 g/mol. The van der Waals surface area contributed by atoms with Gasteiger partial charge in [-0.2, -0.15) is 0 Å². The van der Waals surface area contributed by atoms with E-state index in [1.54, 1.807) is 11.8 Å². The Morgan fingerprint density at radius 1 is 1.22 bits per heavy atom. The number of nitrogens with zero attached hydrogens (tertiary/aromatic N) is 1. The van der Waals surface area contributed by atoms with Crippen molar-refractivity contribution in [3.63, 3.8) is 0 Å². The van der Waals surface area contributed by atoms with Gasteiger partial charge in [0.15, 0.2) is 0 Å². The molecule has 0 saturated heterocycles. The maximum Gasteiger partial charge on any atom is 0.320 e. The van der Waals surface area contributed by atoms with Gasteiger partial charge in [0.1, 0.15) is 0 Å². The molecule has 0 aromatic carbocycles. The van der Waals surface area contributed by atoms with Gasteiger partial charge in [0.2, 0.25) is 5.91 Å². The normalized spacial score (nSPS) is 12.3. The summed E-state index contributed by atoms with van der Waals surface area (Å²) in [5.74, 6) is -0.323. The van der Waals surface area contributed by atoms with Crippen LogP contribution in [0.2, 0.25) is 0 Å². The fourth-order valence-corrected chi connectivity index (χ4v) is 1.70. The van der Waals surface area contributed by atoms with E-state index in [1.807, 2.05) is 13.8 Å². The molecule has 0 aliphatic rings. The quantitative estimate of drug-likeness (QED) is 0.631. The molecule has 0 aromatic rings. The minimum absolute atomic E-state index is 0.0397. The van der Waals surface area contributed by atoms with Gasteiger partial charge in [-0.3, -0.25) is 14.5 Å². The second-order valence-corrected chi connectivity index (χ2v) is 4.37. The van der Waals surface area contributed by atoms with Crippen LogP contribution in [0.1, 0.15) is 40.5 Å². The summed E-state index contributed by atoms with van der Waals surface area (Å²) in [6.45, 7) is 9.19. The van der Waals surface area contributed by atoms with Crippen molar-refractivity contribution >= 4 is 11.9 Å². The van der Waals surface area contributed by atoms with Gasteiger partial charge in [0.05, 0.1) is 19.7 Å². The van der Waals surface area contributed by atoms with E-state index in [2.05, 4.69) is 12.2 Å². The largest absolute Gasteiger partial charge is 0.465 e. The maximum atomic E-state index is 11.7. The summed E-state index contributed by atoms with van der Waals surface area (Å²) in [6, 6.07) is 0.184. The van der Waals surface area contributed by atoms with Crippen LogP contribution < -0.4 is 5.32 Å². The van der Waals surface area contributed by atoms with E-state index in [1.165, 1.54) is 0 Å². The van der Waals surface area contributed by atoms with Crippen molar-refractivity contribution in [2.75, 3.05) is 26.2 Å². The lowest BCUT2D eigenvalue weighted by Crippen LogP contribution is -2.42. The Balaban J connectivity index is 4.03.